The first-order valence-electron chi connectivity index (χ1n) is 10.6. The molecule has 4 aromatic rings. The van der Waals surface area contributed by atoms with Crippen LogP contribution in [0, 0.1) is 5.82 Å². The van der Waals surface area contributed by atoms with Crippen LogP contribution >= 0.6 is 11.8 Å². The van der Waals surface area contributed by atoms with Gasteiger partial charge in [0, 0.05) is 5.56 Å². The Balaban J connectivity index is 1.41. The third kappa shape index (κ3) is 4.55. The standard InChI is InChI=1S/C25H20FN5O2S/c26-19-12-10-18(11-13-19)24-28-29-25(31(24)14-17-6-2-1-3-7-17)34-16-23(33)30-15-22(32)27-20-8-4-5-9-21(20)30/h1-13H,14-16H2,(H,27,32). The predicted molar refractivity (Wildman–Crippen MR) is 129 cm³/mol. The van der Waals surface area contributed by atoms with Crippen molar-refractivity contribution in [2.75, 3.05) is 22.5 Å². The lowest BCUT2D eigenvalue weighted by Crippen LogP contribution is -2.43. The van der Waals surface area contributed by atoms with Crippen molar-refractivity contribution in [3.8, 4) is 11.4 Å². The lowest BCUT2D eigenvalue weighted by Gasteiger charge is -2.29. The van der Waals surface area contributed by atoms with Crippen molar-refractivity contribution in [3.63, 3.8) is 0 Å². The maximum absolute atomic E-state index is 13.5. The molecule has 0 unspecified atom stereocenters. The molecule has 34 heavy (non-hydrogen) atoms. The van der Waals surface area contributed by atoms with Crippen molar-refractivity contribution in [1.29, 1.82) is 0 Å². The summed E-state index contributed by atoms with van der Waals surface area (Å²) in [6.07, 6.45) is 0. The molecule has 7 nitrogen and oxygen atoms in total. The second-order valence-corrected chi connectivity index (χ2v) is 8.66. The first kappa shape index (κ1) is 21.8. The highest BCUT2D eigenvalue weighted by Crippen LogP contribution is 2.31. The van der Waals surface area contributed by atoms with E-state index < -0.39 is 0 Å². The van der Waals surface area contributed by atoms with Crippen molar-refractivity contribution in [1.82, 2.24) is 14.8 Å². The Morgan fingerprint density at radius 3 is 2.50 bits per heavy atom. The van der Waals surface area contributed by atoms with Gasteiger partial charge in [-0.25, -0.2) is 4.39 Å². The Bertz CT molecular complexity index is 1340. The van der Waals surface area contributed by atoms with E-state index in [4.69, 9.17) is 0 Å². The number of fused-ring (bicyclic) bond motifs is 1. The summed E-state index contributed by atoms with van der Waals surface area (Å²) < 4.78 is 15.4. The minimum absolute atomic E-state index is 0.0338. The molecule has 2 heterocycles. The lowest BCUT2D eigenvalue weighted by atomic mass is 10.2. The predicted octanol–water partition coefficient (Wildman–Crippen LogP) is 4.21. The molecule has 2 amide bonds. The Morgan fingerprint density at radius 1 is 0.971 bits per heavy atom. The van der Waals surface area contributed by atoms with Crippen molar-refractivity contribution >= 4 is 35.0 Å². The highest BCUT2D eigenvalue weighted by Gasteiger charge is 2.27. The number of rotatable bonds is 6. The molecule has 3 aromatic carbocycles. The van der Waals surface area contributed by atoms with Gasteiger partial charge in [0.1, 0.15) is 12.4 Å². The summed E-state index contributed by atoms with van der Waals surface area (Å²) in [6, 6.07) is 23.1. The molecule has 170 valence electrons. The number of para-hydroxylation sites is 2. The van der Waals surface area contributed by atoms with Gasteiger partial charge < -0.3 is 10.2 Å². The zero-order valence-corrected chi connectivity index (χ0v) is 18.8. The number of nitrogens with zero attached hydrogens (tertiary/aromatic N) is 4. The van der Waals surface area contributed by atoms with E-state index >= 15 is 0 Å². The smallest absolute Gasteiger partial charge is 0.244 e. The molecule has 0 bridgehead atoms. The SMILES string of the molecule is O=C1CN(C(=O)CSc2nnc(-c3ccc(F)cc3)n2Cc2ccccc2)c2ccccc2N1. The van der Waals surface area contributed by atoms with Gasteiger partial charge in [0.15, 0.2) is 11.0 Å². The van der Waals surface area contributed by atoms with Gasteiger partial charge in [-0.1, -0.05) is 54.2 Å². The number of anilines is 2. The molecule has 0 fully saturated rings. The average molecular weight is 474 g/mol. The van der Waals surface area contributed by atoms with Crippen LogP contribution < -0.4 is 10.2 Å². The topological polar surface area (TPSA) is 80.1 Å². The molecule has 1 aliphatic rings. The molecule has 5 rings (SSSR count). The van der Waals surface area contributed by atoms with Crippen LogP contribution in [0.3, 0.4) is 0 Å². The van der Waals surface area contributed by atoms with Crippen molar-refractivity contribution in [3.05, 3.63) is 90.2 Å². The zero-order valence-electron chi connectivity index (χ0n) is 18.0. The normalized spacial score (nSPS) is 12.9. The first-order chi connectivity index (χ1) is 16.6. The molecule has 1 N–H and O–H groups in total. The number of benzene rings is 3. The zero-order chi connectivity index (χ0) is 23.5. The monoisotopic (exact) mass is 473 g/mol. The van der Waals surface area contributed by atoms with Crippen LogP contribution in [0.25, 0.3) is 11.4 Å². The Morgan fingerprint density at radius 2 is 1.71 bits per heavy atom. The van der Waals surface area contributed by atoms with E-state index in [-0.39, 0.29) is 29.9 Å². The van der Waals surface area contributed by atoms with Gasteiger partial charge in [-0.3, -0.25) is 14.2 Å². The van der Waals surface area contributed by atoms with E-state index in [0.29, 0.717) is 28.9 Å². The van der Waals surface area contributed by atoms with Crippen molar-refractivity contribution in [2.24, 2.45) is 0 Å². The Labute approximate surface area is 199 Å². The molecule has 0 saturated carbocycles. The molecule has 0 radical (unpaired) electrons. The number of carbonyl (C=O) groups is 2. The molecule has 1 aliphatic heterocycles. The highest BCUT2D eigenvalue weighted by atomic mass is 32.2. The lowest BCUT2D eigenvalue weighted by molar-refractivity contribution is -0.120. The number of hydrogen-bond donors (Lipinski definition) is 1. The number of carbonyl (C=O) groups excluding carboxylic acids is 2. The number of thioether (sulfide) groups is 1. The maximum atomic E-state index is 13.5. The van der Waals surface area contributed by atoms with Crippen LogP contribution in [0.2, 0.25) is 0 Å². The van der Waals surface area contributed by atoms with Crippen LogP contribution in [-0.4, -0.2) is 38.9 Å². The fraction of sp³-hybridized carbons (Fsp3) is 0.120. The molecular weight excluding hydrogens is 453 g/mol. The average Bonchev–Trinajstić information content (AvgIpc) is 3.25. The third-order valence-electron chi connectivity index (χ3n) is 5.40. The van der Waals surface area contributed by atoms with Gasteiger partial charge in [-0.05, 0) is 42.0 Å². The first-order valence-corrected chi connectivity index (χ1v) is 11.6. The van der Waals surface area contributed by atoms with Crippen LogP contribution in [-0.2, 0) is 16.1 Å². The second kappa shape index (κ2) is 9.48. The summed E-state index contributed by atoms with van der Waals surface area (Å²) in [5.41, 5.74) is 3.05. The minimum Gasteiger partial charge on any atom is -0.323 e. The Hall–Kier alpha value is -3.98. The second-order valence-electron chi connectivity index (χ2n) is 7.72. The largest absolute Gasteiger partial charge is 0.323 e. The van der Waals surface area contributed by atoms with Gasteiger partial charge in [-0.15, -0.1) is 10.2 Å². The van der Waals surface area contributed by atoms with Gasteiger partial charge in [0.2, 0.25) is 11.8 Å². The van der Waals surface area contributed by atoms with E-state index in [1.165, 1.54) is 28.8 Å². The molecule has 0 aliphatic carbocycles. The molecule has 0 saturated heterocycles. The molecule has 1 aromatic heterocycles. The number of halogens is 1. The quantitative estimate of drug-likeness (QED) is 0.425. The minimum atomic E-state index is -0.330. The summed E-state index contributed by atoms with van der Waals surface area (Å²) >= 11 is 1.25. The van der Waals surface area contributed by atoms with Crippen LogP contribution in [0.5, 0.6) is 0 Å². The van der Waals surface area contributed by atoms with Crippen molar-refractivity contribution in [2.45, 2.75) is 11.7 Å². The van der Waals surface area contributed by atoms with Gasteiger partial charge in [0.05, 0.1) is 23.7 Å². The summed E-state index contributed by atoms with van der Waals surface area (Å²) in [6.45, 7) is 0.458. The fourth-order valence-corrected chi connectivity index (χ4v) is 4.59. The molecular formula is C25H20FN5O2S. The number of hydrogen-bond acceptors (Lipinski definition) is 5. The van der Waals surface area contributed by atoms with E-state index in [1.807, 2.05) is 53.1 Å². The van der Waals surface area contributed by atoms with Crippen LogP contribution in [0.15, 0.2) is 84.0 Å². The molecule has 9 heteroatoms. The number of aromatic nitrogens is 3. The summed E-state index contributed by atoms with van der Waals surface area (Å²) in [7, 11) is 0. The van der Waals surface area contributed by atoms with Crippen molar-refractivity contribution < 1.29 is 14.0 Å². The third-order valence-corrected chi connectivity index (χ3v) is 6.35. The van der Waals surface area contributed by atoms with Gasteiger partial charge >= 0.3 is 0 Å². The highest BCUT2D eigenvalue weighted by molar-refractivity contribution is 7.99. The molecule has 0 spiro atoms. The van der Waals surface area contributed by atoms with Gasteiger partial charge in [-0.2, -0.15) is 0 Å². The Kier molecular flexibility index (Phi) is 6.09. The van der Waals surface area contributed by atoms with Crippen LogP contribution in [0.1, 0.15) is 5.56 Å². The molecule has 0 atom stereocenters. The van der Waals surface area contributed by atoms with E-state index in [9.17, 15) is 14.0 Å². The van der Waals surface area contributed by atoms with E-state index in [2.05, 4.69) is 15.5 Å². The van der Waals surface area contributed by atoms with E-state index in [0.717, 1.165) is 11.1 Å². The van der Waals surface area contributed by atoms with Gasteiger partial charge in [0.25, 0.3) is 0 Å². The van der Waals surface area contributed by atoms with E-state index in [1.54, 1.807) is 18.2 Å². The van der Waals surface area contributed by atoms with Crippen LogP contribution in [0.4, 0.5) is 15.8 Å². The summed E-state index contributed by atoms with van der Waals surface area (Å²) in [5.74, 6) is -0.101. The summed E-state index contributed by atoms with van der Waals surface area (Å²) in [5, 5.41) is 12.0. The maximum Gasteiger partial charge on any atom is 0.244 e. The summed E-state index contributed by atoms with van der Waals surface area (Å²) in [4.78, 5) is 26.7. The fourth-order valence-electron chi connectivity index (χ4n) is 3.78. The number of nitrogens with one attached hydrogen (secondary N) is 1. The number of amides is 2.